The maximum atomic E-state index is 13.3. The number of epoxide rings is 2. The molecular formula is C28H38O7. The molecule has 7 aliphatic rings. The fraction of sp³-hybridized carbons (Fsp3) is 0.857. The smallest absolute Gasteiger partial charge is 0.341 e. The molecule has 2 N–H and O–H groups in total. The Balaban J connectivity index is 1.21. The quantitative estimate of drug-likeness (QED) is 0.456. The molecule has 3 aliphatic heterocycles. The van der Waals surface area contributed by atoms with Crippen LogP contribution in [0.25, 0.3) is 0 Å². The fourth-order valence-corrected chi connectivity index (χ4v) is 10.0. The molecule has 7 nitrogen and oxygen atoms in total. The number of aliphatic hydroxyl groups is 2. The third-order valence-corrected chi connectivity index (χ3v) is 12.6. The van der Waals surface area contributed by atoms with E-state index < -0.39 is 28.3 Å². The molecule has 0 aromatic heterocycles. The van der Waals surface area contributed by atoms with Gasteiger partial charge < -0.3 is 24.4 Å². The van der Waals surface area contributed by atoms with Crippen LogP contribution >= 0.6 is 0 Å². The van der Waals surface area contributed by atoms with Crippen molar-refractivity contribution in [2.75, 3.05) is 0 Å². The van der Waals surface area contributed by atoms with Crippen LogP contribution in [0.5, 0.6) is 0 Å². The number of carbonyl (C=O) groups excluding carboxylic acids is 2. The number of aliphatic hydroxyl groups excluding tert-OH is 1. The molecule has 192 valence electrons. The van der Waals surface area contributed by atoms with Crippen LogP contribution in [0.15, 0.2) is 12.2 Å². The predicted octanol–water partition coefficient (Wildman–Crippen LogP) is 2.56. The Morgan fingerprint density at radius 3 is 2.57 bits per heavy atom. The van der Waals surface area contributed by atoms with Crippen LogP contribution in [0.1, 0.15) is 66.7 Å². The van der Waals surface area contributed by atoms with Gasteiger partial charge in [-0.2, -0.15) is 0 Å². The van der Waals surface area contributed by atoms with E-state index in [1.54, 1.807) is 12.2 Å². The van der Waals surface area contributed by atoms with Gasteiger partial charge in [-0.05, 0) is 87.5 Å². The molecule has 0 unspecified atom stereocenters. The first-order valence-corrected chi connectivity index (χ1v) is 13.5. The van der Waals surface area contributed by atoms with Gasteiger partial charge in [0.15, 0.2) is 11.4 Å². The Morgan fingerprint density at radius 2 is 1.86 bits per heavy atom. The Bertz CT molecular complexity index is 1060. The molecule has 3 saturated carbocycles. The number of cyclic esters (lactones) is 1. The molecule has 0 bridgehead atoms. The van der Waals surface area contributed by atoms with E-state index in [0.29, 0.717) is 19.3 Å². The molecule has 0 spiro atoms. The highest BCUT2D eigenvalue weighted by Crippen LogP contribution is 2.72. The zero-order chi connectivity index (χ0) is 24.9. The van der Waals surface area contributed by atoms with Gasteiger partial charge >= 0.3 is 5.97 Å². The molecular weight excluding hydrogens is 448 g/mol. The summed E-state index contributed by atoms with van der Waals surface area (Å²) in [7, 11) is 0. The molecule has 3 saturated heterocycles. The van der Waals surface area contributed by atoms with Gasteiger partial charge in [0.2, 0.25) is 0 Å². The molecule has 7 rings (SSSR count). The van der Waals surface area contributed by atoms with Gasteiger partial charge in [-0.15, -0.1) is 0 Å². The highest BCUT2D eigenvalue weighted by molar-refractivity contribution is 5.97. The molecule has 4 aliphatic carbocycles. The summed E-state index contributed by atoms with van der Waals surface area (Å²) in [4.78, 5) is 26.0. The van der Waals surface area contributed by atoms with Crippen molar-refractivity contribution >= 4 is 11.8 Å². The molecule has 35 heavy (non-hydrogen) atoms. The standard InChI is InChI=1S/C28H38O7/c1-13(17-12-24(2)27(5,35-24)23(31)33-17)14-8-9-15-20-16(11-19(30)25(14,15)3)26(4)18(29)7-6-10-28(26,32)22-21(20)34-22/h6-7,13-17,19-22,30,32H,8-12H2,1-5H3/t13-,14+,15-,16-,17-,19-,20-,21-,22-,24+,25+,26-,27-,28-/m0/s1. The van der Waals surface area contributed by atoms with Gasteiger partial charge in [-0.1, -0.05) is 19.9 Å². The molecule has 0 radical (unpaired) electrons. The zero-order valence-electron chi connectivity index (χ0n) is 21.3. The maximum Gasteiger partial charge on any atom is 0.341 e. The second-order valence-corrected chi connectivity index (χ2v) is 13.6. The van der Waals surface area contributed by atoms with E-state index in [2.05, 4.69) is 13.8 Å². The monoisotopic (exact) mass is 486 g/mol. The maximum absolute atomic E-state index is 13.3. The normalized spacial score (nSPS) is 62.6. The van der Waals surface area contributed by atoms with Crippen LogP contribution in [-0.4, -0.2) is 63.2 Å². The van der Waals surface area contributed by atoms with Crippen LogP contribution < -0.4 is 0 Å². The molecule has 0 aromatic rings. The summed E-state index contributed by atoms with van der Waals surface area (Å²) >= 11 is 0. The first kappa shape index (κ1) is 22.9. The van der Waals surface area contributed by atoms with E-state index in [0.717, 1.165) is 12.8 Å². The van der Waals surface area contributed by atoms with Crippen molar-refractivity contribution in [1.29, 1.82) is 0 Å². The van der Waals surface area contributed by atoms with Gasteiger partial charge in [0, 0.05) is 6.42 Å². The van der Waals surface area contributed by atoms with Crippen molar-refractivity contribution in [3.05, 3.63) is 12.2 Å². The SMILES string of the molecule is C[C@H]([C@@H]1C[C@@]2(C)O[C@@]2(C)C(=O)O1)[C@H]1CC[C@H]2[C@@H]3[C@@H]4O[C@@H]4[C@@]4(O)CC=CC(=O)[C@]4(C)[C@H]3C[C@H](O)[C@]12C. The van der Waals surface area contributed by atoms with Gasteiger partial charge in [0.1, 0.15) is 23.4 Å². The van der Waals surface area contributed by atoms with E-state index in [9.17, 15) is 19.8 Å². The van der Waals surface area contributed by atoms with E-state index in [-0.39, 0.29) is 65.1 Å². The first-order valence-electron chi connectivity index (χ1n) is 13.5. The second-order valence-electron chi connectivity index (χ2n) is 13.6. The largest absolute Gasteiger partial charge is 0.460 e. The number of carbonyl (C=O) groups is 2. The topological polar surface area (TPSA) is 109 Å². The van der Waals surface area contributed by atoms with Crippen molar-refractivity contribution in [2.45, 2.75) is 108 Å². The summed E-state index contributed by atoms with van der Waals surface area (Å²) in [5, 5.41) is 23.5. The lowest BCUT2D eigenvalue weighted by Gasteiger charge is -2.61. The van der Waals surface area contributed by atoms with Crippen molar-refractivity contribution < 1.29 is 34.0 Å². The molecule has 6 fully saturated rings. The molecule has 7 heteroatoms. The minimum atomic E-state index is -1.20. The molecule has 0 aromatic carbocycles. The summed E-state index contributed by atoms with van der Waals surface area (Å²) in [6.45, 7) is 10.1. The summed E-state index contributed by atoms with van der Waals surface area (Å²) < 4.78 is 18.0. The number of hydrogen-bond acceptors (Lipinski definition) is 7. The van der Waals surface area contributed by atoms with E-state index in [1.165, 1.54) is 0 Å². The molecule has 14 atom stereocenters. The van der Waals surface area contributed by atoms with E-state index in [4.69, 9.17) is 14.2 Å². The van der Waals surface area contributed by atoms with Crippen molar-refractivity contribution in [2.24, 2.45) is 40.4 Å². The number of fused-ring (bicyclic) bond motifs is 9. The highest BCUT2D eigenvalue weighted by atomic mass is 16.7. The van der Waals surface area contributed by atoms with Crippen LogP contribution in [0.4, 0.5) is 0 Å². The molecule has 3 heterocycles. The highest BCUT2D eigenvalue weighted by Gasteiger charge is 2.79. The Kier molecular flexibility index (Phi) is 4.18. The third-order valence-electron chi connectivity index (χ3n) is 12.6. The minimum Gasteiger partial charge on any atom is -0.460 e. The van der Waals surface area contributed by atoms with Crippen molar-refractivity contribution in [1.82, 2.24) is 0 Å². The number of ether oxygens (including phenoxy) is 3. The Morgan fingerprint density at radius 1 is 1.11 bits per heavy atom. The number of ketones is 1. The summed E-state index contributed by atoms with van der Waals surface area (Å²) in [5.41, 5.74) is -3.81. The number of allylic oxidation sites excluding steroid dienone is 1. The van der Waals surface area contributed by atoms with Gasteiger partial charge in [0.25, 0.3) is 0 Å². The van der Waals surface area contributed by atoms with E-state index in [1.807, 2.05) is 20.8 Å². The minimum absolute atomic E-state index is 0.0382. The summed E-state index contributed by atoms with van der Waals surface area (Å²) in [6, 6.07) is 0. The first-order chi connectivity index (χ1) is 16.3. The third kappa shape index (κ3) is 2.39. The fourth-order valence-electron chi connectivity index (χ4n) is 10.0. The van der Waals surface area contributed by atoms with Crippen LogP contribution in [0.3, 0.4) is 0 Å². The van der Waals surface area contributed by atoms with Gasteiger partial charge in [-0.3, -0.25) is 4.79 Å². The molecule has 0 amide bonds. The number of esters is 1. The number of hydrogen-bond donors (Lipinski definition) is 2. The van der Waals surface area contributed by atoms with Crippen molar-refractivity contribution in [3.63, 3.8) is 0 Å². The predicted molar refractivity (Wildman–Crippen MR) is 124 cm³/mol. The zero-order valence-corrected chi connectivity index (χ0v) is 21.3. The van der Waals surface area contributed by atoms with Crippen LogP contribution in [0, 0.1) is 40.4 Å². The lowest BCUT2D eigenvalue weighted by molar-refractivity contribution is -0.202. The summed E-state index contributed by atoms with van der Waals surface area (Å²) in [6.07, 6.45) is 5.65. The van der Waals surface area contributed by atoms with Crippen LogP contribution in [-0.2, 0) is 23.8 Å². The average molecular weight is 487 g/mol. The van der Waals surface area contributed by atoms with Gasteiger partial charge in [-0.25, -0.2) is 4.79 Å². The lowest BCUT2D eigenvalue weighted by atomic mass is 9.43. The second kappa shape index (κ2) is 6.40. The Hall–Kier alpha value is -1.28. The van der Waals surface area contributed by atoms with Gasteiger partial charge in [0.05, 0.1) is 17.6 Å². The average Bonchev–Trinajstić information content (AvgIpc) is 3.66. The van der Waals surface area contributed by atoms with Crippen molar-refractivity contribution in [3.8, 4) is 0 Å². The van der Waals surface area contributed by atoms with E-state index >= 15 is 0 Å². The summed E-state index contributed by atoms with van der Waals surface area (Å²) in [5.74, 6) is 0.151. The Labute approximate surface area is 206 Å². The number of rotatable bonds is 2. The lowest BCUT2D eigenvalue weighted by Crippen LogP contribution is -2.69. The van der Waals surface area contributed by atoms with Crippen LogP contribution in [0.2, 0.25) is 0 Å².